The van der Waals surface area contributed by atoms with E-state index in [1.165, 1.54) is 24.8 Å². The fourth-order valence-corrected chi connectivity index (χ4v) is 5.43. The van der Waals surface area contributed by atoms with Crippen LogP contribution >= 0.6 is 15.9 Å². The zero-order chi connectivity index (χ0) is 22.3. The Morgan fingerprint density at radius 3 is 2.33 bits per heavy atom. The van der Waals surface area contributed by atoms with Gasteiger partial charge in [-0.15, -0.1) is 0 Å². The summed E-state index contributed by atoms with van der Waals surface area (Å²) in [4.78, 5) is 0. The van der Waals surface area contributed by atoms with Crippen molar-refractivity contribution in [3.8, 4) is 11.5 Å². The number of halogens is 1. The Kier molecular flexibility index (Phi) is 9.59. The van der Waals surface area contributed by atoms with E-state index in [1.807, 2.05) is 18.4 Å². The highest BCUT2D eigenvalue weighted by Gasteiger charge is 2.35. The number of phenolic OH excluding ortho intramolecular Hbond substituents is 2. The van der Waals surface area contributed by atoms with Gasteiger partial charge in [0.2, 0.25) is 0 Å². The fourth-order valence-electron chi connectivity index (χ4n) is 5.03. The molecule has 0 saturated heterocycles. The summed E-state index contributed by atoms with van der Waals surface area (Å²) in [5.74, 6) is 1.53. The highest BCUT2D eigenvalue weighted by molar-refractivity contribution is 9.09. The van der Waals surface area contributed by atoms with Crippen molar-refractivity contribution in [3.05, 3.63) is 35.1 Å². The molecule has 2 atom stereocenters. The molecule has 1 saturated carbocycles. The maximum Gasteiger partial charge on any atom is 0.123 e. The minimum atomic E-state index is -0.0764. The summed E-state index contributed by atoms with van der Waals surface area (Å²) in [5, 5.41) is 23.1. The molecule has 1 aromatic carbocycles. The van der Waals surface area contributed by atoms with Gasteiger partial charge in [0.1, 0.15) is 11.5 Å². The Bertz CT molecular complexity index is 685. The van der Waals surface area contributed by atoms with Gasteiger partial charge in [-0.3, -0.25) is 0 Å². The number of hydrogen-bond donors (Lipinski definition) is 2. The van der Waals surface area contributed by atoms with Crippen LogP contribution in [0.3, 0.4) is 0 Å². The van der Waals surface area contributed by atoms with Gasteiger partial charge in [0.05, 0.1) is 13.4 Å². The predicted molar refractivity (Wildman–Crippen MR) is 130 cm³/mol. The van der Waals surface area contributed by atoms with Crippen molar-refractivity contribution in [2.45, 2.75) is 90.4 Å². The lowest BCUT2D eigenvalue weighted by molar-refractivity contribution is 0.250. The number of alkyl halides is 1. The van der Waals surface area contributed by atoms with Crippen LogP contribution in [-0.2, 0) is 10.2 Å². The van der Waals surface area contributed by atoms with Gasteiger partial charge in [-0.25, -0.2) is 0 Å². The molecule has 1 aliphatic carbocycles. The van der Waals surface area contributed by atoms with Crippen molar-refractivity contribution in [2.75, 3.05) is 12.4 Å². The second kappa shape index (κ2) is 11.5. The van der Waals surface area contributed by atoms with Gasteiger partial charge in [-0.2, -0.15) is 0 Å². The molecule has 4 heteroatoms. The fraction of sp³-hybridized carbons (Fsp3) is 0.692. The molecule has 2 N–H and O–H groups in total. The van der Waals surface area contributed by atoms with E-state index in [1.54, 1.807) is 7.11 Å². The van der Waals surface area contributed by atoms with E-state index >= 15 is 0 Å². The van der Waals surface area contributed by atoms with Crippen LogP contribution in [0.15, 0.2) is 24.0 Å². The van der Waals surface area contributed by atoms with Crippen LogP contribution in [0.5, 0.6) is 11.5 Å². The van der Waals surface area contributed by atoms with Crippen molar-refractivity contribution in [2.24, 2.45) is 11.8 Å². The van der Waals surface area contributed by atoms with E-state index in [2.05, 4.69) is 43.6 Å². The number of allylic oxidation sites excluding steroid dienone is 1. The standard InChI is InChI=1S/C26H41BrO3/c1-18(2)21-11-10-19(17-30-5)14-22(21)25-23(28)15-20(16-24(25)29)26(3,4)12-8-6-7-9-13-27/h15-18,21-22,28-29H,6-14H2,1-5H3/t21-,22+/m0/s1. The van der Waals surface area contributed by atoms with Crippen molar-refractivity contribution in [1.82, 2.24) is 0 Å². The SMILES string of the molecule is COC=C1CC[C@@H](C(C)C)[C@H](c2c(O)cc(C(C)(C)CCCCCCBr)cc2O)C1. The Hall–Kier alpha value is -1.16. The summed E-state index contributed by atoms with van der Waals surface area (Å²) in [6.07, 6.45) is 10.6. The summed E-state index contributed by atoms with van der Waals surface area (Å²) < 4.78 is 5.26. The molecule has 0 bridgehead atoms. The van der Waals surface area contributed by atoms with Gasteiger partial charge < -0.3 is 14.9 Å². The lowest BCUT2D eigenvalue weighted by Gasteiger charge is -2.37. The molecule has 0 spiro atoms. The number of ether oxygens (including phenoxy) is 1. The molecule has 170 valence electrons. The minimum absolute atomic E-state index is 0.0764. The minimum Gasteiger partial charge on any atom is -0.508 e. The number of rotatable bonds is 10. The van der Waals surface area contributed by atoms with E-state index in [9.17, 15) is 10.2 Å². The van der Waals surface area contributed by atoms with Crippen LogP contribution in [0.2, 0.25) is 0 Å². The first-order chi connectivity index (χ1) is 14.2. The Balaban J connectivity index is 2.26. The highest BCUT2D eigenvalue weighted by Crippen LogP contribution is 2.50. The Morgan fingerprint density at radius 2 is 1.77 bits per heavy atom. The van der Waals surface area contributed by atoms with Gasteiger partial charge in [0.25, 0.3) is 0 Å². The van der Waals surface area contributed by atoms with Crippen LogP contribution in [-0.4, -0.2) is 22.7 Å². The second-order valence-corrected chi connectivity index (χ2v) is 10.7. The molecular weight excluding hydrogens is 440 g/mol. The average molecular weight is 482 g/mol. The van der Waals surface area contributed by atoms with Gasteiger partial charge in [-0.1, -0.05) is 62.9 Å². The normalized spacial score (nSPS) is 21.4. The summed E-state index contributed by atoms with van der Waals surface area (Å²) in [6.45, 7) is 8.90. The summed E-state index contributed by atoms with van der Waals surface area (Å²) >= 11 is 3.49. The number of methoxy groups -OCH3 is 1. The van der Waals surface area contributed by atoms with E-state index in [-0.39, 0.29) is 22.8 Å². The maximum absolute atomic E-state index is 11.0. The van der Waals surface area contributed by atoms with Crippen LogP contribution in [0, 0.1) is 11.8 Å². The zero-order valence-electron chi connectivity index (χ0n) is 19.5. The predicted octanol–water partition coefficient (Wildman–Crippen LogP) is 7.79. The first-order valence-corrected chi connectivity index (χ1v) is 12.7. The second-order valence-electron chi connectivity index (χ2n) is 9.93. The maximum atomic E-state index is 11.0. The Labute approximate surface area is 192 Å². The zero-order valence-corrected chi connectivity index (χ0v) is 21.1. The number of unbranched alkanes of at least 4 members (excludes halogenated alkanes) is 3. The largest absolute Gasteiger partial charge is 0.508 e. The van der Waals surface area contributed by atoms with Crippen molar-refractivity contribution in [3.63, 3.8) is 0 Å². The third kappa shape index (κ3) is 6.42. The number of phenols is 2. The van der Waals surface area contributed by atoms with E-state index in [4.69, 9.17) is 4.74 Å². The molecule has 3 nitrogen and oxygen atoms in total. The van der Waals surface area contributed by atoms with Crippen molar-refractivity contribution < 1.29 is 14.9 Å². The summed E-state index contributed by atoms with van der Waals surface area (Å²) in [7, 11) is 1.68. The molecule has 1 aromatic rings. The molecule has 1 fully saturated rings. The average Bonchev–Trinajstić information content (AvgIpc) is 2.67. The topological polar surface area (TPSA) is 49.7 Å². The number of aromatic hydroxyl groups is 2. The first kappa shape index (κ1) is 25.1. The third-order valence-electron chi connectivity index (χ3n) is 6.91. The molecule has 0 aliphatic heterocycles. The summed E-state index contributed by atoms with van der Waals surface area (Å²) in [5.41, 5.74) is 2.91. The van der Waals surface area contributed by atoms with Crippen LogP contribution in [0.4, 0.5) is 0 Å². The molecule has 0 unspecified atom stereocenters. The smallest absolute Gasteiger partial charge is 0.123 e. The lowest BCUT2D eigenvalue weighted by Crippen LogP contribution is -2.24. The van der Waals surface area contributed by atoms with Gasteiger partial charge >= 0.3 is 0 Å². The number of hydrogen-bond acceptors (Lipinski definition) is 3. The lowest BCUT2D eigenvalue weighted by atomic mass is 9.68. The van der Waals surface area contributed by atoms with Gasteiger partial charge in [-0.05, 0) is 78.5 Å². The molecule has 1 aliphatic rings. The molecule has 0 aromatic heterocycles. The molecular formula is C26H41BrO3. The quantitative estimate of drug-likeness (QED) is 0.204. The van der Waals surface area contributed by atoms with Crippen LogP contribution in [0.25, 0.3) is 0 Å². The molecule has 0 heterocycles. The molecule has 0 radical (unpaired) electrons. The van der Waals surface area contributed by atoms with Gasteiger partial charge in [0.15, 0.2) is 0 Å². The van der Waals surface area contributed by atoms with Crippen molar-refractivity contribution >= 4 is 15.9 Å². The molecule has 2 rings (SSSR count). The molecule has 30 heavy (non-hydrogen) atoms. The van der Waals surface area contributed by atoms with E-state index in [0.29, 0.717) is 17.4 Å². The van der Waals surface area contributed by atoms with E-state index in [0.717, 1.165) is 43.0 Å². The number of benzene rings is 1. The Morgan fingerprint density at radius 1 is 1.13 bits per heavy atom. The first-order valence-electron chi connectivity index (χ1n) is 11.5. The van der Waals surface area contributed by atoms with E-state index < -0.39 is 0 Å². The highest BCUT2D eigenvalue weighted by atomic mass is 79.9. The van der Waals surface area contributed by atoms with Gasteiger partial charge in [0, 0.05) is 10.9 Å². The van der Waals surface area contributed by atoms with Crippen LogP contribution < -0.4 is 0 Å². The third-order valence-corrected chi connectivity index (χ3v) is 7.47. The molecule has 0 amide bonds. The van der Waals surface area contributed by atoms with Crippen molar-refractivity contribution in [1.29, 1.82) is 0 Å². The monoisotopic (exact) mass is 480 g/mol. The summed E-state index contributed by atoms with van der Waals surface area (Å²) in [6, 6.07) is 3.80. The van der Waals surface area contributed by atoms with Crippen LogP contribution in [0.1, 0.15) is 96.1 Å².